The fourth-order valence-electron chi connectivity index (χ4n) is 3.84. The van der Waals surface area contributed by atoms with E-state index in [-0.39, 0.29) is 0 Å². The molecular weight excluding hydrogens is 304 g/mol. The normalized spacial score (nSPS) is 22.3. The second-order valence-electron chi connectivity index (χ2n) is 6.65. The zero-order valence-corrected chi connectivity index (χ0v) is 16.1. The van der Waals surface area contributed by atoms with Crippen LogP contribution < -0.4 is 5.19 Å². The Balaban J connectivity index is 1.98. The first-order valence-corrected chi connectivity index (χ1v) is 10.7. The van der Waals surface area contributed by atoms with E-state index >= 15 is 0 Å². The first-order valence-electron chi connectivity index (χ1n) is 8.95. The van der Waals surface area contributed by atoms with Gasteiger partial charge in [0.15, 0.2) is 0 Å². The average molecular weight is 337 g/mol. The summed E-state index contributed by atoms with van der Waals surface area (Å²) >= 11 is 0. The van der Waals surface area contributed by atoms with E-state index < -0.39 is 8.80 Å². The van der Waals surface area contributed by atoms with Gasteiger partial charge in [0.2, 0.25) is 0 Å². The quantitative estimate of drug-likeness (QED) is 0.665. The lowest BCUT2D eigenvalue weighted by Crippen LogP contribution is -2.54. The molecule has 4 heteroatoms. The lowest BCUT2D eigenvalue weighted by molar-refractivity contribution is 0.140. The minimum absolute atomic E-state index is 0.714. The zero-order chi connectivity index (χ0) is 16.7. The van der Waals surface area contributed by atoms with Crippen LogP contribution in [0.2, 0.25) is 0 Å². The second-order valence-corrected chi connectivity index (χ2v) is 9.56. The van der Waals surface area contributed by atoms with Crippen molar-refractivity contribution in [3.8, 4) is 0 Å². The Kier molecular flexibility index (Phi) is 7.28. The summed E-state index contributed by atoms with van der Waals surface area (Å²) in [7, 11) is 2.28. The van der Waals surface area contributed by atoms with Gasteiger partial charge in [-0.2, -0.15) is 0 Å². The number of benzene rings is 1. The maximum atomic E-state index is 5.55. The molecule has 0 N–H and O–H groups in total. The van der Waals surface area contributed by atoms with Crippen molar-refractivity contribution in [1.82, 2.24) is 0 Å². The van der Waals surface area contributed by atoms with Gasteiger partial charge in [0.05, 0.1) is 0 Å². The summed E-state index contributed by atoms with van der Waals surface area (Å²) in [6, 6.07) is 8.73. The van der Waals surface area contributed by atoms with Gasteiger partial charge in [0.1, 0.15) is 0 Å². The van der Waals surface area contributed by atoms with E-state index in [0.717, 1.165) is 11.1 Å². The van der Waals surface area contributed by atoms with Crippen molar-refractivity contribution in [2.24, 2.45) is 5.92 Å². The summed E-state index contributed by atoms with van der Waals surface area (Å²) in [6.07, 6.45) is 9.57. The predicted molar refractivity (Wildman–Crippen MR) is 97.1 cm³/mol. The van der Waals surface area contributed by atoms with Crippen molar-refractivity contribution in [3.05, 3.63) is 29.8 Å². The smallest absolute Gasteiger partial charge is 0.373 e. The van der Waals surface area contributed by atoms with Crippen LogP contribution in [0.4, 0.5) is 0 Å². The molecule has 3 nitrogen and oxygen atoms in total. The van der Waals surface area contributed by atoms with Crippen molar-refractivity contribution < 1.29 is 13.3 Å². The molecule has 130 valence electrons. The summed E-state index contributed by atoms with van der Waals surface area (Å²) in [5.74, 6) is 1.67. The fourth-order valence-corrected chi connectivity index (χ4v) is 5.62. The lowest BCUT2D eigenvalue weighted by atomic mass is 9.77. The van der Waals surface area contributed by atoms with Crippen LogP contribution in [0.1, 0.15) is 63.4 Å². The van der Waals surface area contributed by atoms with E-state index in [2.05, 4.69) is 31.2 Å². The first-order chi connectivity index (χ1) is 11.2. The molecule has 1 aromatic rings. The lowest BCUT2D eigenvalue weighted by Gasteiger charge is -2.29. The molecule has 2 rings (SSSR count). The molecule has 23 heavy (non-hydrogen) atoms. The molecular formula is C19H32O3Si. The number of hydrogen-bond acceptors (Lipinski definition) is 3. The highest BCUT2D eigenvalue weighted by atomic mass is 28.4. The van der Waals surface area contributed by atoms with Crippen molar-refractivity contribution in [2.75, 3.05) is 21.3 Å². The largest absolute Gasteiger partial charge is 0.536 e. The third kappa shape index (κ3) is 4.44. The SMILES string of the molecule is CCCCC1CCC(c2ccc([Si](OC)(OC)OC)cc2)CC1. The summed E-state index contributed by atoms with van der Waals surface area (Å²) in [5.41, 5.74) is 1.45. The van der Waals surface area contributed by atoms with Crippen LogP contribution >= 0.6 is 0 Å². The number of rotatable bonds is 8. The van der Waals surface area contributed by atoms with Crippen molar-refractivity contribution in [2.45, 2.75) is 57.8 Å². The van der Waals surface area contributed by atoms with Gasteiger partial charge in [-0.25, -0.2) is 0 Å². The Bertz CT molecular complexity index is 440. The standard InChI is InChI=1S/C19H32O3Si/c1-5-6-7-16-8-10-17(11-9-16)18-12-14-19(15-13-18)23(20-2,21-3)22-4/h12-17H,5-11H2,1-4H3. The molecule has 0 unspecified atom stereocenters. The molecule has 0 atom stereocenters. The molecule has 1 aliphatic carbocycles. The molecule has 1 saturated carbocycles. The summed E-state index contributed by atoms with van der Waals surface area (Å²) in [6.45, 7) is 2.29. The van der Waals surface area contributed by atoms with E-state index in [9.17, 15) is 0 Å². The summed E-state index contributed by atoms with van der Waals surface area (Å²) in [4.78, 5) is 0. The molecule has 1 aromatic carbocycles. The Morgan fingerprint density at radius 3 is 1.96 bits per heavy atom. The number of hydrogen-bond donors (Lipinski definition) is 0. The molecule has 1 aliphatic rings. The predicted octanol–water partition coefficient (Wildman–Crippen LogP) is 4.24. The van der Waals surface area contributed by atoms with E-state index in [0.29, 0.717) is 5.92 Å². The van der Waals surface area contributed by atoms with Crippen LogP contribution in [0.3, 0.4) is 0 Å². The van der Waals surface area contributed by atoms with E-state index in [4.69, 9.17) is 13.3 Å². The Labute approximate surface area is 142 Å². The molecule has 0 saturated heterocycles. The van der Waals surface area contributed by atoms with Crippen LogP contribution in [0.25, 0.3) is 0 Å². The highest BCUT2D eigenvalue weighted by Crippen LogP contribution is 2.37. The van der Waals surface area contributed by atoms with Gasteiger partial charge in [0.25, 0.3) is 0 Å². The molecule has 0 bridgehead atoms. The highest BCUT2D eigenvalue weighted by molar-refractivity contribution is 6.75. The van der Waals surface area contributed by atoms with E-state index in [1.807, 2.05) is 0 Å². The van der Waals surface area contributed by atoms with Crippen LogP contribution in [-0.2, 0) is 13.3 Å². The topological polar surface area (TPSA) is 27.7 Å². The van der Waals surface area contributed by atoms with Gasteiger partial charge >= 0.3 is 8.80 Å². The van der Waals surface area contributed by atoms with E-state index in [1.54, 1.807) is 21.3 Å². The fraction of sp³-hybridized carbons (Fsp3) is 0.684. The number of unbranched alkanes of at least 4 members (excludes halogenated alkanes) is 1. The van der Waals surface area contributed by atoms with Crippen molar-refractivity contribution >= 4 is 14.0 Å². The van der Waals surface area contributed by atoms with Gasteiger partial charge in [-0.3, -0.25) is 0 Å². The average Bonchev–Trinajstić information content (AvgIpc) is 2.63. The Hall–Kier alpha value is -0.683. The third-order valence-corrected chi connectivity index (χ3v) is 8.01. The van der Waals surface area contributed by atoms with E-state index in [1.165, 1.54) is 50.5 Å². The van der Waals surface area contributed by atoms with Crippen LogP contribution in [0.15, 0.2) is 24.3 Å². The van der Waals surface area contributed by atoms with Gasteiger partial charge in [-0.15, -0.1) is 0 Å². The molecule has 0 aromatic heterocycles. The first kappa shape index (κ1) is 18.7. The zero-order valence-electron chi connectivity index (χ0n) is 15.1. The van der Waals surface area contributed by atoms with Gasteiger partial charge in [-0.1, -0.05) is 50.5 Å². The molecule has 1 fully saturated rings. The Morgan fingerprint density at radius 1 is 0.913 bits per heavy atom. The minimum atomic E-state index is -2.69. The van der Waals surface area contributed by atoms with Gasteiger partial charge < -0.3 is 13.3 Å². The van der Waals surface area contributed by atoms with Crippen LogP contribution in [0.5, 0.6) is 0 Å². The second kappa shape index (κ2) is 8.97. The van der Waals surface area contributed by atoms with Crippen LogP contribution in [-0.4, -0.2) is 30.1 Å². The molecule has 0 radical (unpaired) electrons. The van der Waals surface area contributed by atoms with Gasteiger partial charge in [-0.05, 0) is 43.1 Å². The molecule has 0 spiro atoms. The Morgan fingerprint density at radius 2 is 1.48 bits per heavy atom. The van der Waals surface area contributed by atoms with Crippen molar-refractivity contribution in [1.29, 1.82) is 0 Å². The molecule has 0 aliphatic heterocycles. The molecule has 0 amide bonds. The van der Waals surface area contributed by atoms with Crippen LogP contribution in [0, 0.1) is 5.92 Å². The third-order valence-electron chi connectivity index (χ3n) is 5.35. The maximum Gasteiger partial charge on any atom is 0.536 e. The molecule has 0 heterocycles. The summed E-state index contributed by atoms with van der Waals surface area (Å²) in [5, 5.41) is 1.03. The highest BCUT2D eigenvalue weighted by Gasteiger charge is 2.40. The minimum Gasteiger partial charge on any atom is -0.373 e. The maximum absolute atomic E-state index is 5.55. The van der Waals surface area contributed by atoms with Crippen molar-refractivity contribution in [3.63, 3.8) is 0 Å². The van der Waals surface area contributed by atoms with Gasteiger partial charge in [0, 0.05) is 26.5 Å². The monoisotopic (exact) mass is 336 g/mol. The summed E-state index contributed by atoms with van der Waals surface area (Å²) < 4.78 is 16.7.